The normalized spacial score (nSPS) is 17.7. The molecule has 2 aromatic rings. The molecule has 8 heteroatoms. The highest BCUT2D eigenvalue weighted by Crippen LogP contribution is 2.23. The number of carbonyl (C=O) groups excluding carboxylic acids is 2. The maximum Gasteiger partial charge on any atom is 0.246 e. The van der Waals surface area contributed by atoms with Crippen LogP contribution < -0.4 is 16.0 Å². The molecule has 0 bridgehead atoms. The third-order valence-electron chi connectivity index (χ3n) is 4.88. The Labute approximate surface area is 176 Å². The molecule has 29 heavy (non-hydrogen) atoms. The Bertz CT molecular complexity index is 821. The predicted octanol–water partition coefficient (Wildman–Crippen LogP) is 1.80. The van der Waals surface area contributed by atoms with Gasteiger partial charge in [0.15, 0.2) is 0 Å². The lowest BCUT2D eigenvalue weighted by Crippen LogP contribution is -2.50. The maximum atomic E-state index is 13.6. The topological polar surface area (TPSA) is 73.5 Å². The summed E-state index contributed by atoms with van der Waals surface area (Å²) in [7, 11) is 1.54. The van der Waals surface area contributed by atoms with Crippen molar-refractivity contribution in [1.82, 2.24) is 20.9 Å². The summed E-state index contributed by atoms with van der Waals surface area (Å²) < 4.78 is 13.6. The van der Waals surface area contributed by atoms with Gasteiger partial charge >= 0.3 is 0 Å². The van der Waals surface area contributed by atoms with E-state index < -0.39 is 6.04 Å². The number of hydrogen-bond acceptors (Lipinski definition) is 4. The van der Waals surface area contributed by atoms with Gasteiger partial charge in [-0.05, 0) is 23.3 Å². The van der Waals surface area contributed by atoms with Crippen molar-refractivity contribution in [2.45, 2.75) is 12.1 Å². The summed E-state index contributed by atoms with van der Waals surface area (Å²) >= 11 is 0. The number of nitrogens with one attached hydrogen (secondary N) is 3. The van der Waals surface area contributed by atoms with E-state index in [4.69, 9.17) is 0 Å². The van der Waals surface area contributed by atoms with Crippen LogP contribution in [-0.4, -0.2) is 49.9 Å². The Morgan fingerprint density at radius 1 is 1.21 bits per heavy atom. The molecule has 0 spiro atoms. The number of piperazine rings is 1. The molecule has 0 radical (unpaired) electrons. The average Bonchev–Trinajstić information content (AvgIpc) is 2.72. The zero-order valence-corrected chi connectivity index (χ0v) is 17.0. The minimum Gasteiger partial charge on any atom is -0.357 e. The third kappa shape index (κ3) is 6.00. The highest BCUT2D eigenvalue weighted by atomic mass is 35.5. The number of hydrogen-bond donors (Lipinski definition) is 3. The SMILES string of the molecule is CNC(=O)C(NC(=O)CN1CCNCC1c1cccc(F)c1)c1ccccc1.Cl. The Morgan fingerprint density at radius 2 is 1.97 bits per heavy atom. The van der Waals surface area contributed by atoms with Crippen molar-refractivity contribution in [3.05, 3.63) is 71.5 Å². The Morgan fingerprint density at radius 3 is 2.66 bits per heavy atom. The number of carbonyl (C=O) groups is 2. The van der Waals surface area contributed by atoms with Crippen LogP contribution in [0.2, 0.25) is 0 Å². The first kappa shape index (κ1) is 22.8. The molecule has 6 nitrogen and oxygen atoms in total. The lowest BCUT2D eigenvalue weighted by Gasteiger charge is -2.36. The quantitative estimate of drug-likeness (QED) is 0.666. The average molecular weight is 421 g/mol. The van der Waals surface area contributed by atoms with E-state index in [1.807, 2.05) is 29.2 Å². The first-order chi connectivity index (χ1) is 13.6. The van der Waals surface area contributed by atoms with Crippen LogP contribution in [0.4, 0.5) is 4.39 Å². The van der Waals surface area contributed by atoms with Crippen LogP contribution in [0.15, 0.2) is 54.6 Å². The van der Waals surface area contributed by atoms with E-state index in [9.17, 15) is 14.0 Å². The van der Waals surface area contributed by atoms with E-state index >= 15 is 0 Å². The zero-order valence-electron chi connectivity index (χ0n) is 16.2. The van der Waals surface area contributed by atoms with Crippen molar-refractivity contribution in [1.29, 1.82) is 0 Å². The standard InChI is InChI=1S/C21H25FN4O2.ClH/c1-23-21(28)20(15-6-3-2-4-7-15)25-19(27)14-26-11-10-24-13-18(26)16-8-5-9-17(22)12-16;/h2-9,12,18,20,24H,10-11,13-14H2,1H3,(H,23,28)(H,25,27);1H. The van der Waals surface area contributed by atoms with Crippen molar-refractivity contribution in [2.75, 3.05) is 33.2 Å². The lowest BCUT2D eigenvalue weighted by molar-refractivity contribution is -0.130. The van der Waals surface area contributed by atoms with Crippen LogP contribution >= 0.6 is 12.4 Å². The van der Waals surface area contributed by atoms with Gasteiger partial charge in [0.2, 0.25) is 11.8 Å². The van der Waals surface area contributed by atoms with E-state index in [0.29, 0.717) is 13.1 Å². The van der Waals surface area contributed by atoms with Gasteiger partial charge in [0, 0.05) is 32.7 Å². The predicted molar refractivity (Wildman–Crippen MR) is 112 cm³/mol. The minimum atomic E-state index is -0.755. The molecular weight excluding hydrogens is 395 g/mol. The molecule has 2 aromatic carbocycles. The van der Waals surface area contributed by atoms with Gasteiger partial charge in [-0.1, -0.05) is 42.5 Å². The molecule has 1 saturated heterocycles. The molecule has 2 atom stereocenters. The van der Waals surface area contributed by atoms with E-state index in [-0.39, 0.29) is 42.6 Å². The van der Waals surface area contributed by atoms with Gasteiger partial charge in [-0.15, -0.1) is 12.4 Å². The summed E-state index contributed by atoms with van der Waals surface area (Å²) in [6.45, 7) is 2.17. The van der Waals surface area contributed by atoms with Gasteiger partial charge in [-0.3, -0.25) is 14.5 Å². The van der Waals surface area contributed by atoms with Gasteiger partial charge in [0.05, 0.1) is 6.54 Å². The van der Waals surface area contributed by atoms with Gasteiger partial charge < -0.3 is 16.0 Å². The van der Waals surface area contributed by atoms with Gasteiger partial charge in [-0.2, -0.15) is 0 Å². The number of halogens is 2. The van der Waals surface area contributed by atoms with Crippen LogP contribution in [0.3, 0.4) is 0 Å². The van der Waals surface area contributed by atoms with Crippen LogP contribution in [0.1, 0.15) is 23.2 Å². The molecule has 1 heterocycles. The second kappa shape index (κ2) is 10.9. The van der Waals surface area contributed by atoms with E-state index in [1.165, 1.54) is 12.1 Å². The summed E-state index contributed by atoms with van der Waals surface area (Å²) in [6, 6.07) is 14.7. The number of rotatable bonds is 6. The summed E-state index contributed by atoms with van der Waals surface area (Å²) in [4.78, 5) is 27.0. The van der Waals surface area contributed by atoms with Crippen molar-refractivity contribution < 1.29 is 14.0 Å². The lowest BCUT2D eigenvalue weighted by atomic mass is 10.0. The summed E-state index contributed by atoms with van der Waals surface area (Å²) in [5, 5.41) is 8.71. The Hall–Kier alpha value is -2.48. The highest BCUT2D eigenvalue weighted by molar-refractivity contribution is 5.89. The highest BCUT2D eigenvalue weighted by Gasteiger charge is 2.28. The fourth-order valence-corrected chi connectivity index (χ4v) is 3.46. The molecule has 0 aromatic heterocycles. The van der Waals surface area contributed by atoms with E-state index in [0.717, 1.165) is 17.7 Å². The van der Waals surface area contributed by atoms with Crippen LogP contribution in [-0.2, 0) is 9.59 Å². The molecule has 2 amide bonds. The van der Waals surface area contributed by atoms with Crippen molar-refractivity contribution in [3.8, 4) is 0 Å². The third-order valence-corrected chi connectivity index (χ3v) is 4.88. The van der Waals surface area contributed by atoms with Crippen LogP contribution in [0.5, 0.6) is 0 Å². The fraction of sp³-hybridized carbons (Fsp3) is 0.333. The van der Waals surface area contributed by atoms with Crippen molar-refractivity contribution in [3.63, 3.8) is 0 Å². The minimum absolute atomic E-state index is 0. The molecule has 1 fully saturated rings. The number of amides is 2. The van der Waals surface area contributed by atoms with Gasteiger partial charge in [0.25, 0.3) is 0 Å². The molecular formula is C21H26ClFN4O2. The fourth-order valence-electron chi connectivity index (χ4n) is 3.46. The number of likely N-dealkylation sites (N-methyl/N-ethyl adjacent to an activating group) is 1. The van der Waals surface area contributed by atoms with Gasteiger partial charge in [-0.25, -0.2) is 4.39 Å². The second-order valence-electron chi connectivity index (χ2n) is 6.77. The number of nitrogens with zero attached hydrogens (tertiary/aromatic N) is 1. The molecule has 3 N–H and O–H groups in total. The van der Waals surface area contributed by atoms with Crippen molar-refractivity contribution >= 4 is 24.2 Å². The molecule has 0 aliphatic carbocycles. The Balaban J connectivity index is 0.00000300. The smallest absolute Gasteiger partial charge is 0.246 e. The van der Waals surface area contributed by atoms with E-state index in [2.05, 4.69) is 16.0 Å². The monoisotopic (exact) mass is 420 g/mol. The molecule has 1 aliphatic heterocycles. The van der Waals surface area contributed by atoms with Crippen LogP contribution in [0.25, 0.3) is 0 Å². The maximum absolute atomic E-state index is 13.6. The second-order valence-corrected chi connectivity index (χ2v) is 6.77. The van der Waals surface area contributed by atoms with Crippen molar-refractivity contribution in [2.24, 2.45) is 0 Å². The molecule has 1 aliphatic rings. The first-order valence-corrected chi connectivity index (χ1v) is 9.34. The zero-order chi connectivity index (χ0) is 19.9. The molecule has 2 unspecified atom stereocenters. The van der Waals surface area contributed by atoms with E-state index in [1.54, 1.807) is 25.2 Å². The number of benzene rings is 2. The van der Waals surface area contributed by atoms with Gasteiger partial charge in [0.1, 0.15) is 11.9 Å². The summed E-state index contributed by atoms with van der Waals surface area (Å²) in [6.07, 6.45) is 0. The molecule has 3 rings (SSSR count). The molecule has 156 valence electrons. The summed E-state index contributed by atoms with van der Waals surface area (Å²) in [5.74, 6) is -0.821. The Kier molecular flexibility index (Phi) is 8.57. The summed E-state index contributed by atoms with van der Waals surface area (Å²) in [5.41, 5.74) is 1.54. The van der Waals surface area contributed by atoms with Crippen LogP contribution in [0, 0.1) is 5.82 Å². The molecule has 0 saturated carbocycles. The largest absolute Gasteiger partial charge is 0.357 e. The first-order valence-electron chi connectivity index (χ1n) is 9.34.